The van der Waals surface area contributed by atoms with Gasteiger partial charge in [-0.2, -0.15) is 0 Å². The van der Waals surface area contributed by atoms with Crippen LogP contribution in [0.15, 0.2) is 11.8 Å². The Bertz CT molecular complexity index is 159. The second-order valence-corrected chi connectivity index (χ2v) is 1.41. The molecule has 0 N–H and O–H groups in total. The maximum Gasteiger partial charge on any atom is 0.340 e. The topological polar surface area (TPSA) is 66.4 Å². The first-order valence-corrected chi connectivity index (χ1v) is 2.70. The minimum Gasteiger partial charge on any atom is -0.877 e. The summed E-state index contributed by atoms with van der Waals surface area (Å²) >= 11 is 0. The van der Waals surface area contributed by atoms with Crippen molar-refractivity contribution in [3.63, 3.8) is 0 Å². The van der Waals surface area contributed by atoms with E-state index in [-0.39, 0.29) is 19.2 Å². The van der Waals surface area contributed by atoms with Crippen molar-refractivity contribution in [3.8, 4) is 0 Å². The Labute approximate surface area is 58.1 Å². The Morgan fingerprint density at radius 1 is 1.70 bits per heavy atom. The fourth-order valence-electron chi connectivity index (χ4n) is 0.338. The third kappa shape index (κ3) is 2.30. The van der Waals surface area contributed by atoms with Crippen molar-refractivity contribution < 1.29 is 19.4 Å². The molecular weight excluding hydrogens is 136 g/mol. The van der Waals surface area contributed by atoms with Gasteiger partial charge in [0.2, 0.25) is 0 Å². The van der Waals surface area contributed by atoms with Crippen molar-refractivity contribution in [2.75, 3.05) is 6.61 Å². The lowest BCUT2D eigenvalue weighted by atomic mass is 10.3. The molecule has 0 bridgehead atoms. The molecule has 0 unspecified atom stereocenters. The van der Waals surface area contributed by atoms with Gasteiger partial charge in [0, 0.05) is 0 Å². The van der Waals surface area contributed by atoms with E-state index in [1.807, 2.05) is 0 Å². The summed E-state index contributed by atoms with van der Waals surface area (Å²) in [6, 6.07) is 0. The minimum atomic E-state index is -0.868. The van der Waals surface area contributed by atoms with Crippen LogP contribution < -0.4 is 5.11 Å². The maximum absolute atomic E-state index is 10.5. The first-order chi connectivity index (χ1) is 4.76. The van der Waals surface area contributed by atoms with Crippen LogP contribution in [0.2, 0.25) is 0 Å². The predicted molar refractivity (Wildman–Crippen MR) is 30.8 cm³/mol. The molecule has 10 heavy (non-hydrogen) atoms. The van der Waals surface area contributed by atoms with Crippen molar-refractivity contribution in [2.24, 2.45) is 0 Å². The van der Waals surface area contributed by atoms with Gasteiger partial charge in [-0.05, 0) is 6.92 Å². The number of esters is 1. The van der Waals surface area contributed by atoms with E-state index in [1.165, 1.54) is 0 Å². The van der Waals surface area contributed by atoms with E-state index in [1.54, 1.807) is 6.92 Å². The minimum absolute atomic E-state index is 0.157. The van der Waals surface area contributed by atoms with Crippen molar-refractivity contribution in [3.05, 3.63) is 11.8 Å². The van der Waals surface area contributed by atoms with Gasteiger partial charge in [0.05, 0.1) is 12.2 Å². The molecular formula is C6H7O4-. The normalized spacial score (nSPS) is 10.7. The molecule has 0 amide bonds. The summed E-state index contributed by atoms with van der Waals surface area (Å²) in [6.45, 7) is 1.75. The van der Waals surface area contributed by atoms with E-state index < -0.39 is 11.5 Å². The highest BCUT2D eigenvalue weighted by molar-refractivity contribution is 6.07. The molecule has 0 radical (unpaired) electrons. The molecule has 0 atom stereocenters. The van der Waals surface area contributed by atoms with E-state index in [0.29, 0.717) is 0 Å². The van der Waals surface area contributed by atoms with E-state index in [9.17, 15) is 14.7 Å². The highest BCUT2D eigenvalue weighted by Crippen LogP contribution is 1.90. The van der Waals surface area contributed by atoms with Gasteiger partial charge in [-0.1, -0.05) is 0 Å². The van der Waals surface area contributed by atoms with Crippen LogP contribution in [-0.4, -0.2) is 18.9 Å². The lowest BCUT2D eigenvalue weighted by molar-refractivity contribution is -0.275. The van der Waals surface area contributed by atoms with Gasteiger partial charge in [0.15, 0.2) is 6.29 Å². The Morgan fingerprint density at radius 2 is 2.30 bits per heavy atom. The Hall–Kier alpha value is -1.32. The van der Waals surface area contributed by atoms with Crippen molar-refractivity contribution in [1.29, 1.82) is 0 Å². The highest BCUT2D eigenvalue weighted by Gasteiger charge is 2.04. The number of hydrogen-bond acceptors (Lipinski definition) is 4. The molecule has 4 heteroatoms. The summed E-state index contributed by atoms with van der Waals surface area (Å²) in [4.78, 5) is 20.4. The molecule has 0 saturated heterocycles. The Morgan fingerprint density at radius 3 is 2.60 bits per heavy atom. The molecule has 0 aromatic carbocycles. The molecule has 0 fully saturated rings. The van der Waals surface area contributed by atoms with Crippen molar-refractivity contribution >= 4 is 12.3 Å². The molecule has 0 aliphatic rings. The van der Waals surface area contributed by atoms with Gasteiger partial charge >= 0.3 is 5.97 Å². The summed E-state index contributed by atoms with van der Waals surface area (Å²) in [5, 5.41) is 9.88. The van der Waals surface area contributed by atoms with Gasteiger partial charge in [-0.25, -0.2) is 4.79 Å². The van der Waals surface area contributed by atoms with Crippen LogP contribution in [0.4, 0.5) is 0 Å². The third-order valence-corrected chi connectivity index (χ3v) is 0.765. The summed E-state index contributed by atoms with van der Waals surface area (Å²) in [5.41, 5.74) is -0.484. The fraction of sp³-hybridized carbons (Fsp3) is 0.333. The molecule has 0 heterocycles. The summed E-state index contributed by atoms with van der Waals surface area (Å²) in [6.07, 6.45) is 0.343. The zero-order valence-electron chi connectivity index (χ0n) is 5.49. The lowest BCUT2D eigenvalue weighted by Crippen LogP contribution is -2.11. The lowest BCUT2D eigenvalue weighted by Gasteiger charge is -2.00. The van der Waals surface area contributed by atoms with E-state index in [0.717, 1.165) is 0 Å². The van der Waals surface area contributed by atoms with E-state index in [4.69, 9.17) is 0 Å². The van der Waals surface area contributed by atoms with E-state index >= 15 is 0 Å². The predicted octanol–water partition coefficient (Wildman–Crippen LogP) is -1.01. The summed E-state index contributed by atoms with van der Waals surface area (Å²) in [5.74, 6) is -0.868. The first-order valence-electron chi connectivity index (χ1n) is 2.70. The number of ether oxygens (including phenoxy) is 1. The van der Waals surface area contributed by atoms with Gasteiger partial charge in [0.25, 0.3) is 0 Å². The van der Waals surface area contributed by atoms with Gasteiger partial charge in [-0.3, -0.25) is 4.79 Å². The van der Waals surface area contributed by atoms with Crippen LogP contribution >= 0.6 is 0 Å². The van der Waals surface area contributed by atoms with Crippen LogP contribution in [-0.2, 0) is 14.3 Å². The standard InChI is InChI=1S/C6H8O4/c1-2-10-6(9)5(3-7)4-8/h3-4,7H,2H2,1H3/p-1/b5-3-. The molecule has 0 spiro atoms. The molecule has 56 valence electrons. The van der Waals surface area contributed by atoms with Crippen LogP contribution in [0, 0.1) is 0 Å². The smallest absolute Gasteiger partial charge is 0.340 e. The molecule has 0 aromatic heterocycles. The average molecular weight is 143 g/mol. The molecule has 0 aliphatic heterocycles. The number of rotatable bonds is 3. The maximum atomic E-state index is 10.5. The zero-order valence-corrected chi connectivity index (χ0v) is 5.49. The van der Waals surface area contributed by atoms with E-state index in [2.05, 4.69) is 4.74 Å². The molecule has 0 aliphatic carbocycles. The number of carbonyl (C=O) groups excluding carboxylic acids is 2. The highest BCUT2D eigenvalue weighted by atomic mass is 16.5. The zero-order chi connectivity index (χ0) is 7.98. The van der Waals surface area contributed by atoms with Gasteiger partial charge < -0.3 is 9.84 Å². The SMILES string of the molecule is CCOC(=O)/C(C=O)=C\[O-]. The van der Waals surface area contributed by atoms with Crippen molar-refractivity contribution in [1.82, 2.24) is 0 Å². The second kappa shape index (κ2) is 4.55. The van der Waals surface area contributed by atoms with Gasteiger partial charge in [-0.15, -0.1) is 6.26 Å². The number of carbonyl (C=O) groups is 2. The van der Waals surface area contributed by atoms with Crippen LogP contribution in [0.25, 0.3) is 0 Å². The fourth-order valence-corrected chi connectivity index (χ4v) is 0.338. The first kappa shape index (κ1) is 8.68. The quantitative estimate of drug-likeness (QED) is 0.127. The largest absolute Gasteiger partial charge is 0.877 e. The number of hydrogen-bond donors (Lipinski definition) is 0. The van der Waals surface area contributed by atoms with Crippen LogP contribution in [0.1, 0.15) is 6.92 Å². The second-order valence-electron chi connectivity index (χ2n) is 1.41. The average Bonchev–Trinajstić information content (AvgIpc) is 1.91. The summed E-state index contributed by atoms with van der Waals surface area (Å²) in [7, 11) is 0. The summed E-state index contributed by atoms with van der Waals surface area (Å²) < 4.78 is 4.35. The Kier molecular flexibility index (Phi) is 3.95. The molecule has 4 nitrogen and oxygen atoms in total. The van der Waals surface area contributed by atoms with Crippen LogP contribution in [0.5, 0.6) is 0 Å². The van der Waals surface area contributed by atoms with Crippen molar-refractivity contribution in [2.45, 2.75) is 6.92 Å². The number of aldehydes is 1. The third-order valence-electron chi connectivity index (χ3n) is 0.765. The van der Waals surface area contributed by atoms with Crippen LogP contribution in [0.3, 0.4) is 0 Å². The monoisotopic (exact) mass is 143 g/mol. The molecule has 0 saturated carbocycles. The van der Waals surface area contributed by atoms with Gasteiger partial charge in [0.1, 0.15) is 0 Å². The molecule has 0 rings (SSSR count). The Balaban J connectivity index is 4.04. The molecule has 0 aromatic rings.